The van der Waals surface area contributed by atoms with Gasteiger partial charge in [-0.15, -0.1) is 0 Å². The molecule has 282 valence electrons. The zero-order valence-corrected chi connectivity index (χ0v) is 31.8. The summed E-state index contributed by atoms with van der Waals surface area (Å²) >= 11 is 0. The Morgan fingerprint density at radius 2 is 1.12 bits per heavy atom. The minimum atomic E-state index is -3.81. The summed E-state index contributed by atoms with van der Waals surface area (Å²) in [5.74, 6) is 0. The van der Waals surface area contributed by atoms with Crippen molar-refractivity contribution in [2.24, 2.45) is 0 Å². The van der Waals surface area contributed by atoms with Gasteiger partial charge >= 0.3 is 0 Å². The first-order chi connectivity index (χ1) is 38.0. The molecule has 9 aromatic carbocycles. The van der Waals surface area contributed by atoms with Crippen molar-refractivity contribution in [1.82, 2.24) is 0 Å². The molecule has 0 amide bonds. The minimum Gasteiger partial charge on any atom is -0.310 e. The van der Waals surface area contributed by atoms with E-state index in [2.05, 4.69) is 38.1 Å². The number of fused-ring (bicyclic) bond motifs is 7. The summed E-state index contributed by atoms with van der Waals surface area (Å²) in [7, 11) is 0. The fraction of sp³-hybridized carbons (Fsp3) is 0.103. The van der Waals surface area contributed by atoms with Crippen LogP contribution in [0.1, 0.15) is 80.0 Å². The van der Waals surface area contributed by atoms with E-state index in [4.69, 9.17) is 23.3 Å². The fourth-order valence-electron chi connectivity index (χ4n) is 8.84. The van der Waals surface area contributed by atoms with Gasteiger partial charge in [-0.05, 0) is 113 Å². The molecule has 1 heteroatoms. The Labute approximate surface area is 378 Å². The van der Waals surface area contributed by atoms with E-state index in [1.54, 1.807) is 12.1 Å². The van der Waals surface area contributed by atoms with Crippen LogP contribution in [0.15, 0.2) is 200 Å². The van der Waals surface area contributed by atoms with Gasteiger partial charge in [0.2, 0.25) is 0 Å². The van der Waals surface area contributed by atoms with Gasteiger partial charge in [0.25, 0.3) is 0 Å². The monoisotopic (exact) mass is 777 g/mol. The smallest absolute Gasteiger partial charge is 0.0648 e. The third-order valence-corrected chi connectivity index (χ3v) is 11.6. The maximum absolute atomic E-state index is 10.2. The number of hydrogen-bond donors (Lipinski definition) is 0. The van der Waals surface area contributed by atoms with Crippen molar-refractivity contribution in [3.8, 4) is 55.6 Å². The van der Waals surface area contributed by atoms with Crippen molar-refractivity contribution in [2.45, 2.75) is 38.4 Å². The number of nitrogens with zero attached hydrogens (tertiary/aromatic N) is 1. The van der Waals surface area contributed by atoms with E-state index in [0.717, 1.165) is 54.6 Å². The summed E-state index contributed by atoms with van der Waals surface area (Å²) in [6.45, 7) is -3.27. The van der Waals surface area contributed by atoms with Gasteiger partial charge in [0.05, 0.1) is 27.6 Å². The lowest BCUT2D eigenvalue weighted by molar-refractivity contribution is 0.660. The van der Waals surface area contributed by atoms with E-state index in [-0.39, 0.29) is 11.1 Å². The summed E-state index contributed by atoms with van der Waals surface area (Å²) in [6, 6.07) is 16.9. The Balaban J connectivity index is 1.27. The number of rotatable bonds is 6. The normalized spacial score (nSPS) is 19.8. The van der Waals surface area contributed by atoms with Crippen LogP contribution in [0.2, 0.25) is 0 Å². The number of anilines is 3. The molecule has 0 heterocycles. The lowest BCUT2D eigenvalue weighted by atomic mass is 9.81. The second-order valence-corrected chi connectivity index (χ2v) is 15.2. The van der Waals surface area contributed by atoms with Crippen molar-refractivity contribution in [1.29, 1.82) is 0 Å². The van der Waals surface area contributed by atoms with Crippen molar-refractivity contribution in [3.63, 3.8) is 0 Å². The number of benzene rings is 9. The molecule has 0 saturated heterocycles. The molecule has 0 bridgehead atoms. The molecule has 2 aliphatic rings. The zero-order valence-electron chi connectivity index (χ0n) is 53.8. The van der Waals surface area contributed by atoms with Crippen LogP contribution >= 0.6 is 0 Å². The van der Waals surface area contributed by atoms with Crippen molar-refractivity contribution in [2.75, 3.05) is 4.90 Å². The van der Waals surface area contributed by atoms with Gasteiger partial charge in [0, 0.05) is 36.0 Å². The first-order valence-electron chi connectivity index (χ1n) is 30.1. The topological polar surface area (TPSA) is 3.24 Å². The SMILES string of the molecule is [2H]c1c([2H])c([2H])c(-c2c([2H])c([2H])c([2H])c([2H])c2N(c2ccc(-c3ccc4ccccc4c3-c3cccc4c3-c3ccccc3C4(C)C)cc2)c2c([2H])c([2H])c3c(c2[2H])C(C([2H])([2H])[2H])(C([2H])([2H])[2H])c2c([2H])c([2H])c([2H])c([2H])c2-3)c([2H])c1[2H]. The molecule has 11 rings (SSSR count). The highest BCUT2D eigenvalue weighted by molar-refractivity contribution is 6.09. The summed E-state index contributed by atoms with van der Waals surface area (Å²) in [5, 5.41) is 1.82. The van der Waals surface area contributed by atoms with Gasteiger partial charge in [-0.1, -0.05) is 197 Å². The molecule has 0 aromatic heterocycles. The quantitative estimate of drug-likeness (QED) is 0.163. The van der Waals surface area contributed by atoms with E-state index < -0.39 is 161 Å². The van der Waals surface area contributed by atoms with E-state index in [9.17, 15) is 6.85 Å². The van der Waals surface area contributed by atoms with Crippen molar-refractivity contribution >= 4 is 27.8 Å². The summed E-state index contributed by atoms with van der Waals surface area (Å²) < 4.78 is 200. The van der Waals surface area contributed by atoms with Crippen LogP contribution in [0.25, 0.3) is 66.4 Å². The Morgan fingerprint density at radius 3 is 1.97 bits per heavy atom. The largest absolute Gasteiger partial charge is 0.310 e. The van der Waals surface area contributed by atoms with Gasteiger partial charge in [0.15, 0.2) is 0 Å². The fourth-order valence-corrected chi connectivity index (χ4v) is 8.84. The zero-order chi connectivity index (χ0) is 58.8. The van der Waals surface area contributed by atoms with Crippen LogP contribution in [-0.4, -0.2) is 0 Å². The van der Waals surface area contributed by atoms with E-state index in [0.29, 0.717) is 5.56 Å². The van der Waals surface area contributed by atoms with Crippen LogP contribution in [0.4, 0.5) is 17.1 Å². The molecule has 0 radical (unpaired) electrons. The first kappa shape index (κ1) is 19.2. The summed E-state index contributed by atoms with van der Waals surface area (Å²) in [4.78, 5) is 0.882. The lowest BCUT2D eigenvalue weighted by Crippen LogP contribution is -2.16. The molecule has 59 heavy (non-hydrogen) atoms. The highest BCUT2D eigenvalue weighted by atomic mass is 15.1. The lowest BCUT2D eigenvalue weighted by Gasteiger charge is -2.30. The van der Waals surface area contributed by atoms with Gasteiger partial charge in [0.1, 0.15) is 0 Å². The Kier molecular flexibility index (Phi) is 4.33. The molecule has 0 fully saturated rings. The molecule has 0 unspecified atom stereocenters. The molecule has 2 aliphatic carbocycles. The van der Waals surface area contributed by atoms with Crippen LogP contribution in [0.3, 0.4) is 0 Å². The van der Waals surface area contributed by atoms with Crippen molar-refractivity contribution < 1.29 is 30.2 Å². The predicted octanol–water partition coefficient (Wildman–Crippen LogP) is 15.9. The molecule has 9 aromatic rings. The molecule has 0 aliphatic heterocycles. The molecule has 0 N–H and O–H groups in total. The summed E-state index contributed by atoms with van der Waals surface area (Å²) in [5.41, 5.74) is -3.27. The maximum atomic E-state index is 10.2. The van der Waals surface area contributed by atoms with Gasteiger partial charge in [-0.3, -0.25) is 0 Å². The van der Waals surface area contributed by atoms with Gasteiger partial charge in [-0.2, -0.15) is 0 Å². The molecule has 0 saturated carbocycles. The molecule has 1 nitrogen and oxygen atoms in total. The van der Waals surface area contributed by atoms with Crippen LogP contribution in [0.5, 0.6) is 0 Å². The Morgan fingerprint density at radius 1 is 0.424 bits per heavy atom. The number of para-hydroxylation sites is 1. The average Bonchev–Trinajstić information content (AvgIpc) is 1.89. The number of hydrogen-bond acceptors (Lipinski definition) is 1. The van der Waals surface area contributed by atoms with Crippen LogP contribution < -0.4 is 4.90 Å². The third-order valence-electron chi connectivity index (χ3n) is 11.6. The van der Waals surface area contributed by atoms with E-state index in [1.807, 2.05) is 54.6 Å². The van der Waals surface area contributed by atoms with E-state index in [1.165, 1.54) is 12.1 Å². The molecular formula is C58H45N. The summed E-state index contributed by atoms with van der Waals surface area (Å²) in [6.07, 6.45) is 0. The first-order valence-corrected chi connectivity index (χ1v) is 19.1. The van der Waals surface area contributed by atoms with Gasteiger partial charge in [-0.25, -0.2) is 0 Å². The van der Waals surface area contributed by atoms with E-state index >= 15 is 0 Å². The maximum Gasteiger partial charge on any atom is 0.0648 e. The standard InChI is InChI=1S/C58H45N/c1-57(2)51-26-14-11-23-48(51)56-49(24-16-27-52(56)57)55-44-21-9-8-19-39(44)31-35-45(55)40-29-32-41(33-30-40)59(54-28-15-12-20-43(54)38-17-6-5-7-18-38)42-34-36-47-46-22-10-13-25-50(46)58(3,4)53(47)37-42/h5-37H,1-4H3/i3D3,4D3,5D,6D,7D,10D,12D,13D,15D,17D,18D,20D,22D,25D,28D,34D,36D,37D. The third kappa shape index (κ3) is 5.38. The minimum absolute atomic E-state index is 0.175. The highest BCUT2D eigenvalue weighted by Gasteiger charge is 2.38. The second kappa shape index (κ2) is 13.3. The average molecular weight is 778 g/mol. The van der Waals surface area contributed by atoms with Crippen LogP contribution in [0, 0.1) is 0 Å². The van der Waals surface area contributed by atoms with Gasteiger partial charge < -0.3 is 4.90 Å². The molecule has 0 atom stereocenters. The van der Waals surface area contributed by atoms with Crippen molar-refractivity contribution in [3.05, 3.63) is 222 Å². The second-order valence-electron chi connectivity index (χ2n) is 15.2. The highest BCUT2D eigenvalue weighted by Crippen LogP contribution is 2.55. The van der Waals surface area contributed by atoms with Crippen LogP contribution in [-0.2, 0) is 10.8 Å². The molecule has 0 spiro atoms. The molecular weight excluding hydrogens is 711 g/mol. The predicted molar refractivity (Wildman–Crippen MR) is 250 cm³/mol. The Bertz CT molecular complexity index is 4210. The Hall–Kier alpha value is -6.96.